The Hall–Kier alpha value is -2.99. The van der Waals surface area contributed by atoms with Crippen molar-refractivity contribution in [2.24, 2.45) is 5.92 Å². The van der Waals surface area contributed by atoms with Crippen LogP contribution < -0.4 is 10.9 Å². The summed E-state index contributed by atoms with van der Waals surface area (Å²) in [6.45, 7) is 2.42. The first-order chi connectivity index (χ1) is 14.8. The molecule has 0 spiro atoms. The molecule has 0 atom stereocenters. The third kappa shape index (κ3) is 4.00. The third-order valence-electron chi connectivity index (χ3n) is 6.16. The van der Waals surface area contributed by atoms with Crippen LogP contribution in [-0.4, -0.2) is 25.5 Å². The second-order valence-corrected chi connectivity index (χ2v) is 8.38. The van der Waals surface area contributed by atoms with E-state index in [0.717, 1.165) is 35.7 Å². The molecule has 154 valence electrons. The number of hydrogen-bond acceptors (Lipinski definition) is 4. The standard InChI is InChI=1S/C24H27N5O/c30-24-22-14-25-10-8-20(22)9-11-28(24)16-21-17-29-15-19(6-7-23(29)27-21)13-26-12-18-4-2-1-3-5-18/h6-11,14-15,17-18,26H,1-5,12-13,16H2. The summed E-state index contributed by atoms with van der Waals surface area (Å²) >= 11 is 0. The van der Waals surface area contributed by atoms with Crippen molar-refractivity contribution in [3.05, 3.63) is 76.9 Å². The fourth-order valence-electron chi connectivity index (χ4n) is 4.50. The van der Waals surface area contributed by atoms with Gasteiger partial charge in [0, 0.05) is 37.5 Å². The number of pyridine rings is 3. The molecule has 5 rings (SSSR count). The molecular formula is C24H27N5O. The van der Waals surface area contributed by atoms with Gasteiger partial charge >= 0.3 is 0 Å². The lowest BCUT2D eigenvalue weighted by Gasteiger charge is -2.21. The molecule has 0 aromatic carbocycles. The molecule has 0 unspecified atom stereocenters. The molecule has 6 heteroatoms. The van der Waals surface area contributed by atoms with Gasteiger partial charge in [0.15, 0.2) is 0 Å². The second-order valence-electron chi connectivity index (χ2n) is 8.38. The number of aromatic nitrogens is 4. The van der Waals surface area contributed by atoms with Gasteiger partial charge < -0.3 is 14.3 Å². The van der Waals surface area contributed by atoms with Gasteiger partial charge in [-0.15, -0.1) is 0 Å². The lowest BCUT2D eigenvalue weighted by atomic mass is 9.89. The van der Waals surface area contributed by atoms with Gasteiger partial charge in [-0.3, -0.25) is 9.78 Å². The zero-order valence-corrected chi connectivity index (χ0v) is 17.1. The predicted molar refractivity (Wildman–Crippen MR) is 119 cm³/mol. The molecule has 1 saturated carbocycles. The van der Waals surface area contributed by atoms with Crippen molar-refractivity contribution in [1.82, 2.24) is 24.3 Å². The molecule has 4 heterocycles. The number of nitrogens with zero attached hydrogens (tertiary/aromatic N) is 4. The Labute approximate surface area is 175 Å². The summed E-state index contributed by atoms with van der Waals surface area (Å²) in [5.41, 5.74) is 2.98. The van der Waals surface area contributed by atoms with Crippen LogP contribution in [-0.2, 0) is 13.1 Å². The molecule has 4 aromatic heterocycles. The van der Waals surface area contributed by atoms with Gasteiger partial charge in [-0.25, -0.2) is 4.98 Å². The molecule has 0 amide bonds. The van der Waals surface area contributed by atoms with Crippen molar-refractivity contribution < 1.29 is 0 Å². The zero-order valence-electron chi connectivity index (χ0n) is 17.1. The Kier molecular flexibility index (Phi) is 5.32. The molecule has 1 fully saturated rings. The van der Waals surface area contributed by atoms with Crippen LogP contribution in [0.1, 0.15) is 43.4 Å². The second kappa shape index (κ2) is 8.40. The number of rotatable bonds is 6. The van der Waals surface area contributed by atoms with E-state index in [1.54, 1.807) is 17.0 Å². The van der Waals surface area contributed by atoms with Crippen LogP contribution >= 0.6 is 0 Å². The molecule has 30 heavy (non-hydrogen) atoms. The molecule has 0 radical (unpaired) electrons. The topological polar surface area (TPSA) is 64.2 Å². The van der Waals surface area contributed by atoms with Crippen LogP contribution in [0.3, 0.4) is 0 Å². The van der Waals surface area contributed by atoms with E-state index in [1.807, 2.05) is 30.6 Å². The SMILES string of the molecule is O=c1c2cnccc2ccn1Cc1cn2cc(CNCC3CCCCC3)ccc2n1. The molecule has 1 N–H and O–H groups in total. The smallest absolute Gasteiger partial charge is 0.260 e. The van der Waals surface area contributed by atoms with Crippen molar-refractivity contribution in [3.63, 3.8) is 0 Å². The maximum Gasteiger partial charge on any atom is 0.260 e. The maximum absolute atomic E-state index is 12.7. The zero-order chi connectivity index (χ0) is 20.3. The van der Waals surface area contributed by atoms with Crippen LogP contribution in [0.2, 0.25) is 0 Å². The van der Waals surface area contributed by atoms with Gasteiger partial charge in [0.2, 0.25) is 0 Å². The van der Waals surface area contributed by atoms with Crippen LogP contribution in [0, 0.1) is 5.92 Å². The van der Waals surface area contributed by atoms with E-state index in [2.05, 4.69) is 27.0 Å². The number of nitrogens with one attached hydrogen (secondary N) is 1. The predicted octanol–water partition coefficient (Wildman–Crippen LogP) is 3.76. The molecule has 0 saturated heterocycles. The highest BCUT2D eigenvalue weighted by atomic mass is 16.1. The lowest BCUT2D eigenvalue weighted by Crippen LogP contribution is -2.24. The highest BCUT2D eigenvalue weighted by molar-refractivity contribution is 5.80. The fraction of sp³-hybridized carbons (Fsp3) is 0.375. The van der Waals surface area contributed by atoms with Crippen molar-refractivity contribution >= 4 is 16.4 Å². The normalized spacial score (nSPS) is 15.2. The van der Waals surface area contributed by atoms with Gasteiger partial charge in [-0.05, 0) is 54.5 Å². The molecule has 6 nitrogen and oxygen atoms in total. The van der Waals surface area contributed by atoms with E-state index >= 15 is 0 Å². The fourth-order valence-corrected chi connectivity index (χ4v) is 4.50. The number of imidazole rings is 1. The van der Waals surface area contributed by atoms with Gasteiger partial charge in [-0.1, -0.05) is 25.3 Å². The Bertz CT molecular complexity index is 1220. The summed E-state index contributed by atoms with van der Waals surface area (Å²) in [5.74, 6) is 0.831. The molecular weight excluding hydrogens is 374 g/mol. The minimum Gasteiger partial charge on any atom is -0.312 e. The van der Waals surface area contributed by atoms with Crippen molar-refractivity contribution in [2.45, 2.75) is 45.2 Å². The summed E-state index contributed by atoms with van der Waals surface area (Å²) in [4.78, 5) is 21.5. The third-order valence-corrected chi connectivity index (χ3v) is 6.16. The van der Waals surface area contributed by atoms with Gasteiger partial charge in [0.25, 0.3) is 5.56 Å². The Morgan fingerprint density at radius 2 is 1.97 bits per heavy atom. The first kappa shape index (κ1) is 19.0. The minimum absolute atomic E-state index is 0.0368. The van der Waals surface area contributed by atoms with Crippen molar-refractivity contribution in [2.75, 3.05) is 6.54 Å². The largest absolute Gasteiger partial charge is 0.312 e. The highest BCUT2D eigenvalue weighted by Gasteiger charge is 2.12. The van der Waals surface area contributed by atoms with E-state index < -0.39 is 0 Å². The number of hydrogen-bond donors (Lipinski definition) is 1. The highest BCUT2D eigenvalue weighted by Crippen LogP contribution is 2.22. The Morgan fingerprint density at radius 1 is 1.07 bits per heavy atom. The molecule has 4 aromatic rings. The van der Waals surface area contributed by atoms with E-state index in [4.69, 9.17) is 4.98 Å². The van der Waals surface area contributed by atoms with E-state index in [0.29, 0.717) is 11.9 Å². The van der Waals surface area contributed by atoms with E-state index in [-0.39, 0.29) is 5.56 Å². The summed E-state index contributed by atoms with van der Waals surface area (Å²) in [7, 11) is 0. The lowest BCUT2D eigenvalue weighted by molar-refractivity contribution is 0.342. The van der Waals surface area contributed by atoms with E-state index in [1.165, 1.54) is 37.7 Å². The average Bonchev–Trinajstić information content (AvgIpc) is 3.18. The Morgan fingerprint density at radius 3 is 2.87 bits per heavy atom. The summed E-state index contributed by atoms with van der Waals surface area (Å²) in [6, 6.07) is 7.99. The molecule has 0 aliphatic heterocycles. The number of fused-ring (bicyclic) bond motifs is 2. The molecule has 0 bridgehead atoms. The van der Waals surface area contributed by atoms with Crippen LogP contribution in [0.25, 0.3) is 16.4 Å². The maximum atomic E-state index is 12.7. The van der Waals surface area contributed by atoms with Gasteiger partial charge in [-0.2, -0.15) is 0 Å². The van der Waals surface area contributed by atoms with Crippen molar-refractivity contribution in [3.8, 4) is 0 Å². The first-order valence-electron chi connectivity index (χ1n) is 10.9. The van der Waals surface area contributed by atoms with Crippen LogP contribution in [0.15, 0.2) is 60.0 Å². The average molecular weight is 402 g/mol. The van der Waals surface area contributed by atoms with Gasteiger partial charge in [0.05, 0.1) is 17.6 Å². The first-order valence-corrected chi connectivity index (χ1v) is 10.9. The summed E-state index contributed by atoms with van der Waals surface area (Å²) in [5, 5.41) is 5.17. The Balaban J connectivity index is 1.29. The minimum atomic E-state index is -0.0368. The quantitative estimate of drug-likeness (QED) is 0.534. The van der Waals surface area contributed by atoms with Crippen molar-refractivity contribution in [1.29, 1.82) is 0 Å². The van der Waals surface area contributed by atoms with E-state index in [9.17, 15) is 4.79 Å². The molecule has 1 aliphatic carbocycles. The van der Waals surface area contributed by atoms with Gasteiger partial charge in [0.1, 0.15) is 5.65 Å². The van der Waals surface area contributed by atoms with Crippen LogP contribution in [0.5, 0.6) is 0 Å². The molecule has 1 aliphatic rings. The summed E-state index contributed by atoms with van der Waals surface area (Å²) < 4.78 is 3.75. The van der Waals surface area contributed by atoms with Crippen LogP contribution in [0.4, 0.5) is 0 Å². The summed E-state index contributed by atoms with van der Waals surface area (Å²) in [6.07, 6.45) is 16.2. The monoisotopic (exact) mass is 401 g/mol.